The Morgan fingerprint density at radius 1 is 1.21 bits per heavy atom. The maximum Gasteiger partial charge on any atom is 0.0349 e. The quantitative estimate of drug-likeness (QED) is 0.843. The van der Waals surface area contributed by atoms with Crippen LogP contribution < -0.4 is 5.32 Å². The van der Waals surface area contributed by atoms with E-state index >= 15 is 0 Å². The lowest BCUT2D eigenvalue weighted by molar-refractivity contribution is 0.182. The van der Waals surface area contributed by atoms with Gasteiger partial charge in [-0.25, -0.2) is 0 Å². The van der Waals surface area contributed by atoms with Gasteiger partial charge < -0.3 is 10.2 Å². The summed E-state index contributed by atoms with van der Waals surface area (Å²) in [5.74, 6) is 0.834. The van der Waals surface area contributed by atoms with Crippen LogP contribution in [-0.2, 0) is 0 Å². The second-order valence-corrected chi connectivity index (χ2v) is 6.81. The van der Waals surface area contributed by atoms with Crippen molar-refractivity contribution in [3.8, 4) is 0 Å². The van der Waals surface area contributed by atoms with Crippen LogP contribution in [0, 0.1) is 12.8 Å². The number of hydrogen-bond acceptors (Lipinski definition) is 2. The monoisotopic (exact) mass is 260 g/mol. The summed E-state index contributed by atoms with van der Waals surface area (Å²) >= 11 is 0. The summed E-state index contributed by atoms with van der Waals surface area (Å²) in [6.07, 6.45) is 2.74. The molecule has 2 heteroatoms. The van der Waals surface area contributed by atoms with Crippen LogP contribution in [0.4, 0.5) is 0 Å². The lowest BCUT2D eigenvalue weighted by atomic mass is 9.98. The average Bonchev–Trinajstić information content (AvgIpc) is 3.16. The van der Waals surface area contributed by atoms with E-state index in [2.05, 4.69) is 69.3 Å². The van der Waals surface area contributed by atoms with Gasteiger partial charge in [-0.2, -0.15) is 0 Å². The van der Waals surface area contributed by atoms with E-state index in [1.807, 2.05) is 0 Å². The molecule has 106 valence electrons. The molecule has 1 N–H and O–H groups in total. The van der Waals surface area contributed by atoms with Crippen molar-refractivity contribution in [3.05, 3.63) is 35.4 Å². The molecule has 0 aromatic heterocycles. The van der Waals surface area contributed by atoms with Gasteiger partial charge in [-0.1, -0.05) is 29.8 Å². The summed E-state index contributed by atoms with van der Waals surface area (Å²) in [5, 5.41) is 3.80. The van der Waals surface area contributed by atoms with Crippen molar-refractivity contribution >= 4 is 0 Å². The highest BCUT2D eigenvalue weighted by atomic mass is 15.2. The molecule has 0 saturated heterocycles. The van der Waals surface area contributed by atoms with Gasteiger partial charge in [0.2, 0.25) is 0 Å². The van der Waals surface area contributed by atoms with E-state index in [9.17, 15) is 0 Å². The molecule has 1 aliphatic rings. The summed E-state index contributed by atoms with van der Waals surface area (Å²) in [6, 6.07) is 9.55. The van der Waals surface area contributed by atoms with Crippen LogP contribution in [0.25, 0.3) is 0 Å². The Morgan fingerprint density at radius 2 is 1.79 bits per heavy atom. The first kappa shape index (κ1) is 14.5. The molecular weight excluding hydrogens is 232 g/mol. The van der Waals surface area contributed by atoms with E-state index in [0.29, 0.717) is 6.04 Å². The van der Waals surface area contributed by atoms with E-state index in [0.717, 1.165) is 12.5 Å². The number of nitrogens with one attached hydrogen (secondary N) is 1. The van der Waals surface area contributed by atoms with Crippen molar-refractivity contribution in [2.75, 3.05) is 20.6 Å². The summed E-state index contributed by atoms with van der Waals surface area (Å²) in [7, 11) is 4.30. The van der Waals surface area contributed by atoms with Crippen molar-refractivity contribution in [2.24, 2.45) is 5.92 Å². The highest BCUT2D eigenvalue weighted by Gasteiger charge is 2.33. The van der Waals surface area contributed by atoms with Gasteiger partial charge in [0, 0.05) is 18.1 Å². The fourth-order valence-electron chi connectivity index (χ4n) is 2.28. The Bertz CT molecular complexity index is 402. The lowest BCUT2D eigenvalue weighted by Crippen LogP contribution is -2.47. The van der Waals surface area contributed by atoms with Crippen molar-refractivity contribution in [1.82, 2.24) is 10.2 Å². The topological polar surface area (TPSA) is 15.3 Å². The summed E-state index contributed by atoms with van der Waals surface area (Å²) in [4.78, 5) is 2.29. The zero-order chi connectivity index (χ0) is 14.0. The first-order chi connectivity index (χ1) is 8.90. The first-order valence-corrected chi connectivity index (χ1v) is 7.37. The second-order valence-electron chi connectivity index (χ2n) is 6.81. The Kier molecular flexibility index (Phi) is 4.32. The molecule has 2 rings (SSSR count). The van der Waals surface area contributed by atoms with Gasteiger partial charge in [-0.05, 0) is 59.2 Å². The van der Waals surface area contributed by atoms with Gasteiger partial charge in [0.25, 0.3) is 0 Å². The highest BCUT2D eigenvalue weighted by molar-refractivity contribution is 5.25. The van der Waals surface area contributed by atoms with Crippen LogP contribution in [-0.4, -0.2) is 31.1 Å². The molecule has 1 aromatic carbocycles. The lowest BCUT2D eigenvalue weighted by Gasteiger charge is -2.34. The summed E-state index contributed by atoms with van der Waals surface area (Å²) < 4.78 is 0. The maximum atomic E-state index is 3.80. The van der Waals surface area contributed by atoms with Crippen LogP contribution in [0.15, 0.2) is 24.3 Å². The Balaban J connectivity index is 2.03. The van der Waals surface area contributed by atoms with Crippen molar-refractivity contribution in [3.63, 3.8) is 0 Å². The third-order valence-electron chi connectivity index (χ3n) is 4.50. The molecule has 0 spiro atoms. The predicted molar refractivity (Wildman–Crippen MR) is 82.4 cm³/mol. The van der Waals surface area contributed by atoms with Crippen molar-refractivity contribution in [1.29, 1.82) is 0 Å². The smallest absolute Gasteiger partial charge is 0.0349 e. The maximum absolute atomic E-state index is 3.80. The summed E-state index contributed by atoms with van der Waals surface area (Å²) in [5.41, 5.74) is 2.98. The third kappa shape index (κ3) is 3.80. The normalized spacial score (nSPS) is 17.8. The summed E-state index contributed by atoms with van der Waals surface area (Å²) in [6.45, 7) is 7.76. The molecule has 0 aliphatic heterocycles. The van der Waals surface area contributed by atoms with E-state index in [4.69, 9.17) is 0 Å². The van der Waals surface area contributed by atoms with E-state index in [1.165, 1.54) is 24.0 Å². The molecule has 2 nitrogen and oxygen atoms in total. The third-order valence-corrected chi connectivity index (χ3v) is 4.50. The molecule has 1 atom stereocenters. The van der Waals surface area contributed by atoms with Crippen molar-refractivity contribution < 1.29 is 0 Å². The van der Waals surface area contributed by atoms with E-state index in [1.54, 1.807) is 0 Å². The molecule has 0 amide bonds. The van der Waals surface area contributed by atoms with E-state index < -0.39 is 0 Å². The molecule has 1 aromatic rings. The van der Waals surface area contributed by atoms with Crippen LogP contribution in [0.5, 0.6) is 0 Å². The predicted octanol–water partition coefficient (Wildman–Crippen LogP) is 3.38. The minimum absolute atomic E-state index is 0.192. The standard InChI is InChI=1S/C17H28N2/c1-13-6-8-14(9-7-13)16(15-10-11-15)18-12-17(2,3)19(4)5/h6-9,15-16,18H,10-12H2,1-5H3. The second kappa shape index (κ2) is 5.64. The zero-order valence-corrected chi connectivity index (χ0v) is 13.0. The largest absolute Gasteiger partial charge is 0.308 e. The molecule has 0 bridgehead atoms. The van der Waals surface area contributed by atoms with Gasteiger partial charge in [-0.3, -0.25) is 0 Å². The van der Waals surface area contributed by atoms with E-state index in [-0.39, 0.29) is 5.54 Å². The number of likely N-dealkylation sites (N-methyl/N-ethyl adjacent to an activating group) is 1. The molecule has 0 radical (unpaired) electrons. The van der Waals surface area contributed by atoms with Gasteiger partial charge in [-0.15, -0.1) is 0 Å². The highest BCUT2D eigenvalue weighted by Crippen LogP contribution is 2.41. The first-order valence-electron chi connectivity index (χ1n) is 7.37. The number of aryl methyl sites for hydroxylation is 1. The Labute approximate surface area is 118 Å². The molecule has 1 saturated carbocycles. The number of hydrogen-bond donors (Lipinski definition) is 1. The van der Waals surface area contributed by atoms with Crippen LogP contribution >= 0.6 is 0 Å². The van der Waals surface area contributed by atoms with Gasteiger partial charge >= 0.3 is 0 Å². The van der Waals surface area contributed by atoms with Crippen LogP contribution in [0.2, 0.25) is 0 Å². The molecular formula is C17H28N2. The van der Waals surface area contributed by atoms with Crippen molar-refractivity contribution in [2.45, 2.75) is 45.2 Å². The molecule has 1 fully saturated rings. The average molecular weight is 260 g/mol. The fraction of sp³-hybridized carbons (Fsp3) is 0.647. The Hall–Kier alpha value is -0.860. The van der Waals surface area contributed by atoms with Gasteiger partial charge in [0.15, 0.2) is 0 Å². The number of nitrogens with zero attached hydrogens (tertiary/aromatic N) is 1. The fourth-order valence-corrected chi connectivity index (χ4v) is 2.28. The van der Waals surface area contributed by atoms with Crippen LogP contribution in [0.3, 0.4) is 0 Å². The molecule has 1 aliphatic carbocycles. The Morgan fingerprint density at radius 3 is 2.26 bits per heavy atom. The van der Waals surface area contributed by atoms with Gasteiger partial charge in [0.05, 0.1) is 0 Å². The van der Waals surface area contributed by atoms with Crippen LogP contribution in [0.1, 0.15) is 43.9 Å². The van der Waals surface area contributed by atoms with Gasteiger partial charge in [0.1, 0.15) is 0 Å². The molecule has 1 unspecified atom stereocenters. The zero-order valence-electron chi connectivity index (χ0n) is 13.0. The number of benzene rings is 1. The molecule has 0 heterocycles. The minimum atomic E-state index is 0.192. The minimum Gasteiger partial charge on any atom is -0.308 e. The molecule has 19 heavy (non-hydrogen) atoms. The number of rotatable bonds is 6. The SMILES string of the molecule is Cc1ccc(C(NCC(C)(C)N(C)C)C2CC2)cc1.